The minimum Gasteiger partial charge on any atom is -0.393 e. The number of aliphatic hydroxyl groups is 1. The average molecular weight is 290 g/mol. The van der Waals surface area contributed by atoms with Gasteiger partial charge >= 0.3 is 0 Å². The van der Waals surface area contributed by atoms with Crippen LogP contribution in [0.5, 0.6) is 0 Å². The van der Waals surface area contributed by atoms with Crippen molar-refractivity contribution < 1.29 is 9.90 Å². The number of aliphatic hydroxyl groups excluding tert-OH is 1. The smallest absolute Gasteiger partial charge is 0.139 e. The molecule has 4 fully saturated rings. The molecule has 4 aliphatic rings. The summed E-state index contributed by atoms with van der Waals surface area (Å²) in [4.78, 5) is 12.4. The number of Topliss-reactive ketones (excluding diaryl/α,β-unsaturated/α-hetero) is 1. The average Bonchev–Trinajstić information content (AvgIpc) is 2.76. The van der Waals surface area contributed by atoms with E-state index in [0.717, 1.165) is 49.9 Å². The lowest BCUT2D eigenvalue weighted by Crippen LogP contribution is -2.54. The molecular formula is C19H30O2. The van der Waals surface area contributed by atoms with Crippen molar-refractivity contribution in [1.29, 1.82) is 0 Å². The van der Waals surface area contributed by atoms with Gasteiger partial charge in [0.2, 0.25) is 0 Å². The lowest BCUT2D eigenvalue weighted by atomic mass is 9.45. The first kappa shape index (κ1) is 14.2. The number of fused-ring (bicyclic) bond motifs is 5. The minimum atomic E-state index is -0.0541. The fourth-order valence-corrected chi connectivity index (χ4v) is 7.01. The van der Waals surface area contributed by atoms with Crippen LogP contribution < -0.4 is 0 Å². The Morgan fingerprint density at radius 1 is 1.00 bits per heavy atom. The van der Waals surface area contributed by atoms with Crippen molar-refractivity contribution in [3.8, 4) is 0 Å². The number of hydrogen-bond donors (Lipinski definition) is 1. The Labute approximate surface area is 128 Å². The van der Waals surface area contributed by atoms with Crippen LogP contribution in [0, 0.1) is 34.5 Å². The molecule has 4 aliphatic carbocycles. The van der Waals surface area contributed by atoms with E-state index in [1.54, 1.807) is 0 Å². The monoisotopic (exact) mass is 290 g/mol. The third kappa shape index (κ3) is 1.84. The van der Waals surface area contributed by atoms with Crippen LogP contribution in [0.4, 0.5) is 0 Å². The third-order valence-corrected chi connectivity index (χ3v) is 8.35. The summed E-state index contributed by atoms with van der Waals surface area (Å²) in [5, 5.41) is 10.0. The molecule has 2 heteroatoms. The topological polar surface area (TPSA) is 37.3 Å². The highest BCUT2D eigenvalue weighted by molar-refractivity contribution is 5.87. The van der Waals surface area contributed by atoms with Crippen LogP contribution in [0.15, 0.2) is 0 Å². The second-order valence-corrected chi connectivity index (χ2v) is 9.00. The molecule has 0 aromatic carbocycles. The summed E-state index contributed by atoms with van der Waals surface area (Å²) in [7, 11) is 0. The van der Waals surface area contributed by atoms with E-state index in [0.29, 0.717) is 17.1 Å². The fourth-order valence-electron chi connectivity index (χ4n) is 7.01. The maximum Gasteiger partial charge on any atom is 0.139 e. The normalized spacial score (nSPS) is 56.5. The van der Waals surface area contributed by atoms with Gasteiger partial charge < -0.3 is 5.11 Å². The number of rotatable bonds is 0. The largest absolute Gasteiger partial charge is 0.393 e. The van der Waals surface area contributed by atoms with Crippen molar-refractivity contribution in [2.75, 3.05) is 0 Å². The number of carbonyl (C=O) groups is 1. The molecular weight excluding hydrogens is 260 g/mol. The van der Waals surface area contributed by atoms with Crippen LogP contribution in [0.2, 0.25) is 0 Å². The summed E-state index contributed by atoms with van der Waals surface area (Å²) in [5.74, 6) is 3.54. The molecule has 1 N–H and O–H groups in total. The molecule has 0 saturated heterocycles. The fraction of sp³-hybridized carbons (Fsp3) is 0.947. The molecule has 0 aromatic heterocycles. The van der Waals surface area contributed by atoms with Gasteiger partial charge in [-0.2, -0.15) is 0 Å². The molecule has 0 aromatic rings. The zero-order valence-corrected chi connectivity index (χ0v) is 13.6. The Bertz CT molecular complexity index is 458. The molecule has 4 rings (SSSR count). The Morgan fingerprint density at radius 3 is 2.62 bits per heavy atom. The van der Waals surface area contributed by atoms with Crippen molar-refractivity contribution in [2.24, 2.45) is 34.5 Å². The van der Waals surface area contributed by atoms with Gasteiger partial charge in [0.15, 0.2) is 0 Å². The van der Waals surface area contributed by atoms with Crippen LogP contribution in [0.3, 0.4) is 0 Å². The van der Waals surface area contributed by atoms with Gasteiger partial charge in [-0.3, -0.25) is 4.79 Å². The maximum absolute atomic E-state index is 12.4. The zero-order chi connectivity index (χ0) is 14.8. The van der Waals surface area contributed by atoms with E-state index in [1.807, 2.05) is 0 Å². The van der Waals surface area contributed by atoms with Gasteiger partial charge in [0.25, 0.3) is 0 Å². The number of carbonyl (C=O) groups excluding carboxylic acids is 1. The van der Waals surface area contributed by atoms with E-state index >= 15 is 0 Å². The standard InChI is InChI=1S/C19H30O2/c1-18-9-7-13(20)11-12(18)3-4-14-15-5-6-17(21)19(15,2)10-8-16(14)18/h12-16,20H,3-11H2,1-2H3/t12-,13+,14?,15?,16?,18?,19?/m0/s1. The molecule has 5 unspecified atom stereocenters. The first-order valence-corrected chi connectivity index (χ1v) is 9.16. The highest BCUT2D eigenvalue weighted by atomic mass is 16.3. The van der Waals surface area contributed by atoms with Gasteiger partial charge in [-0.05, 0) is 80.5 Å². The molecule has 2 nitrogen and oxygen atoms in total. The van der Waals surface area contributed by atoms with Crippen molar-refractivity contribution in [1.82, 2.24) is 0 Å². The Balaban J connectivity index is 1.64. The van der Waals surface area contributed by atoms with Gasteiger partial charge in [0.1, 0.15) is 5.78 Å². The second-order valence-electron chi connectivity index (χ2n) is 9.00. The summed E-state index contributed by atoms with van der Waals surface area (Å²) < 4.78 is 0. The highest BCUT2D eigenvalue weighted by Gasteiger charge is 2.60. The third-order valence-electron chi connectivity index (χ3n) is 8.35. The molecule has 0 spiro atoms. The SMILES string of the molecule is CC12CCC3C(CC[C@H]4C[C@H](O)CCC34C)C1CCC2=O. The lowest BCUT2D eigenvalue weighted by molar-refractivity contribution is -0.142. The summed E-state index contributed by atoms with van der Waals surface area (Å²) >= 11 is 0. The summed E-state index contributed by atoms with van der Waals surface area (Å²) in [6, 6.07) is 0. The van der Waals surface area contributed by atoms with E-state index in [1.165, 1.54) is 25.7 Å². The molecule has 0 amide bonds. The van der Waals surface area contributed by atoms with E-state index < -0.39 is 0 Å². The molecule has 0 aliphatic heterocycles. The molecule has 0 heterocycles. The van der Waals surface area contributed by atoms with Crippen molar-refractivity contribution in [3.63, 3.8) is 0 Å². The molecule has 118 valence electrons. The van der Waals surface area contributed by atoms with Crippen molar-refractivity contribution in [2.45, 2.75) is 77.7 Å². The number of ketones is 1. The van der Waals surface area contributed by atoms with Crippen molar-refractivity contribution >= 4 is 5.78 Å². The first-order chi connectivity index (χ1) is 9.95. The Morgan fingerprint density at radius 2 is 1.81 bits per heavy atom. The van der Waals surface area contributed by atoms with Crippen molar-refractivity contribution in [3.05, 3.63) is 0 Å². The predicted octanol–water partition coefficient (Wildman–Crippen LogP) is 3.96. The highest BCUT2D eigenvalue weighted by Crippen LogP contribution is 2.65. The van der Waals surface area contributed by atoms with Crippen LogP contribution >= 0.6 is 0 Å². The summed E-state index contributed by atoms with van der Waals surface area (Å²) in [6.07, 6.45) is 10.1. The maximum atomic E-state index is 12.4. The first-order valence-electron chi connectivity index (χ1n) is 9.16. The zero-order valence-electron chi connectivity index (χ0n) is 13.6. The van der Waals surface area contributed by atoms with Gasteiger partial charge in [-0.25, -0.2) is 0 Å². The van der Waals surface area contributed by atoms with E-state index in [-0.39, 0.29) is 11.5 Å². The Kier molecular flexibility index (Phi) is 3.10. The molecule has 0 bridgehead atoms. The number of hydrogen-bond acceptors (Lipinski definition) is 2. The van der Waals surface area contributed by atoms with Gasteiger partial charge in [0.05, 0.1) is 6.10 Å². The molecule has 4 saturated carbocycles. The summed E-state index contributed by atoms with van der Waals surface area (Å²) in [6.45, 7) is 4.78. The molecule has 7 atom stereocenters. The second kappa shape index (κ2) is 4.57. The van der Waals surface area contributed by atoms with Gasteiger partial charge in [-0.1, -0.05) is 13.8 Å². The summed E-state index contributed by atoms with van der Waals surface area (Å²) in [5.41, 5.74) is 0.452. The minimum absolute atomic E-state index is 0.0124. The predicted molar refractivity (Wildman–Crippen MR) is 82.7 cm³/mol. The lowest BCUT2D eigenvalue weighted by Gasteiger charge is -2.60. The molecule has 0 radical (unpaired) electrons. The molecule has 21 heavy (non-hydrogen) atoms. The van der Waals surface area contributed by atoms with Crippen LogP contribution in [-0.4, -0.2) is 17.0 Å². The van der Waals surface area contributed by atoms with Gasteiger partial charge in [-0.15, -0.1) is 0 Å². The van der Waals surface area contributed by atoms with Crippen LogP contribution in [0.25, 0.3) is 0 Å². The van der Waals surface area contributed by atoms with Gasteiger partial charge in [0, 0.05) is 11.8 Å². The van der Waals surface area contributed by atoms with Crippen LogP contribution in [0.1, 0.15) is 71.6 Å². The van der Waals surface area contributed by atoms with E-state index in [4.69, 9.17) is 0 Å². The Hall–Kier alpha value is -0.370. The quantitative estimate of drug-likeness (QED) is 0.733. The van der Waals surface area contributed by atoms with E-state index in [2.05, 4.69) is 13.8 Å². The van der Waals surface area contributed by atoms with E-state index in [9.17, 15) is 9.90 Å². The van der Waals surface area contributed by atoms with Crippen LogP contribution in [-0.2, 0) is 4.79 Å².